The summed E-state index contributed by atoms with van der Waals surface area (Å²) in [6.45, 7) is 0. The Balaban J connectivity index is 2.02. The Bertz CT molecular complexity index is 471. The van der Waals surface area contributed by atoms with Gasteiger partial charge in [-0.3, -0.25) is 4.79 Å². The highest BCUT2D eigenvalue weighted by Gasteiger charge is 2.56. The molecule has 0 radical (unpaired) electrons. The zero-order valence-corrected chi connectivity index (χ0v) is 7.57. The molecule has 0 aromatic carbocycles. The Labute approximate surface area is 83.8 Å². The molecule has 1 spiro atoms. The molecule has 0 atom stereocenters. The van der Waals surface area contributed by atoms with Gasteiger partial charge in [-0.25, -0.2) is 4.79 Å². The van der Waals surface area contributed by atoms with Crippen molar-refractivity contribution >= 4 is 17.6 Å². The Hall–Kier alpha value is -1.98. The predicted molar refractivity (Wildman–Crippen MR) is 46.9 cm³/mol. The Kier molecular flexibility index (Phi) is 1.30. The van der Waals surface area contributed by atoms with Gasteiger partial charge in [0.05, 0.1) is 0 Å². The number of carbonyl (C=O) groups excluding carboxylic acids is 1. The molecule has 2 N–H and O–H groups in total. The van der Waals surface area contributed by atoms with E-state index in [0.717, 1.165) is 0 Å². The molecule has 1 amide bonds. The molecule has 1 aromatic heterocycles. The number of hydrogen-bond acceptors (Lipinski definition) is 4. The molecule has 3 rings (SSSR count). The van der Waals surface area contributed by atoms with Crippen molar-refractivity contribution in [1.82, 2.24) is 0 Å². The van der Waals surface area contributed by atoms with Crippen LogP contribution in [0.25, 0.3) is 0 Å². The van der Waals surface area contributed by atoms with E-state index in [4.69, 9.17) is 14.3 Å². The Morgan fingerprint density at radius 2 is 2.27 bits per heavy atom. The summed E-state index contributed by atoms with van der Waals surface area (Å²) < 4.78 is 10.3. The van der Waals surface area contributed by atoms with Crippen LogP contribution in [0.1, 0.15) is 23.4 Å². The minimum Gasteiger partial charge on any atom is -0.475 e. The van der Waals surface area contributed by atoms with E-state index in [1.165, 1.54) is 6.07 Å². The van der Waals surface area contributed by atoms with E-state index in [1.54, 1.807) is 0 Å². The van der Waals surface area contributed by atoms with E-state index in [0.29, 0.717) is 12.8 Å². The number of furan rings is 1. The predicted octanol–water partition coefficient (Wildman–Crippen LogP) is 0.841. The van der Waals surface area contributed by atoms with Crippen LogP contribution in [0.3, 0.4) is 0 Å². The highest BCUT2D eigenvalue weighted by molar-refractivity contribution is 6.03. The second-order valence-electron chi connectivity index (χ2n) is 3.67. The summed E-state index contributed by atoms with van der Waals surface area (Å²) in [5, 5.41) is 11.3. The van der Waals surface area contributed by atoms with Crippen LogP contribution in [0.2, 0.25) is 0 Å². The van der Waals surface area contributed by atoms with Crippen molar-refractivity contribution in [2.45, 2.75) is 18.4 Å². The number of carboxylic acid groups (broad SMARTS) is 1. The summed E-state index contributed by atoms with van der Waals surface area (Å²) >= 11 is 0. The molecule has 78 valence electrons. The molecule has 1 aliphatic heterocycles. The molecule has 0 unspecified atom stereocenters. The van der Waals surface area contributed by atoms with E-state index >= 15 is 0 Å². The van der Waals surface area contributed by atoms with Crippen LogP contribution in [0, 0.1) is 0 Å². The van der Waals surface area contributed by atoms with Gasteiger partial charge < -0.3 is 19.6 Å². The SMILES string of the molecule is O=C(O)c1cc2c(o1)OC1(CC1)C(=O)N2. The minimum atomic E-state index is -1.19. The third-order valence-corrected chi connectivity index (χ3v) is 2.56. The number of rotatable bonds is 1. The number of hydrogen-bond donors (Lipinski definition) is 2. The van der Waals surface area contributed by atoms with Gasteiger partial charge >= 0.3 is 11.9 Å². The number of amides is 1. The molecular weight excluding hydrogens is 202 g/mol. The molecule has 2 heterocycles. The van der Waals surface area contributed by atoms with Crippen LogP contribution < -0.4 is 10.1 Å². The summed E-state index contributed by atoms with van der Waals surface area (Å²) in [6.07, 6.45) is 1.28. The van der Waals surface area contributed by atoms with Crippen LogP contribution in [0.4, 0.5) is 5.69 Å². The van der Waals surface area contributed by atoms with Gasteiger partial charge in [0.1, 0.15) is 5.69 Å². The third kappa shape index (κ3) is 1.04. The molecule has 1 fully saturated rings. The van der Waals surface area contributed by atoms with Gasteiger partial charge in [-0.2, -0.15) is 0 Å². The molecule has 6 heteroatoms. The van der Waals surface area contributed by atoms with Crippen LogP contribution in [-0.4, -0.2) is 22.6 Å². The van der Waals surface area contributed by atoms with Gasteiger partial charge in [-0.1, -0.05) is 0 Å². The monoisotopic (exact) mass is 209 g/mol. The summed E-state index contributed by atoms with van der Waals surface area (Å²) in [5.74, 6) is -1.57. The van der Waals surface area contributed by atoms with Crippen molar-refractivity contribution in [2.24, 2.45) is 0 Å². The summed E-state index contributed by atoms with van der Waals surface area (Å²) in [6, 6.07) is 1.24. The third-order valence-electron chi connectivity index (χ3n) is 2.56. The average Bonchev–Trinajstić information content (AvgIpc) is 2.81. The lowest BCUT2D eigenvalue weighted by Crippen LogP contribution is -2.38. The summed E-state index contributed by atoms with van der Waals surface area (Å²) in [7, 11) is 0. The Morgan fingerprint density at radius 3 is 2.87 bits per heavy atom. The number of carboxylic acids is 1. The molecule has 6 nitrogen and oxygen atoms in total. The standard InChI is InChI=1S/C9H7NO5/c11-6(12)5-3-4-7(14-5)15-9(1-2-9)8(13)10-4/h3H,1-2H2,(H,10,13)(H,11,12). The topological polar surface area (TPSA) is 88.8 Å². The van der Waals surface area contributed by atoms with Crippen molar-refractivity contribution < 1.29 is 23.8 Å². The molecule has 0 bridgehead atoms. The van der Waals surface area contributed by atoms with Crippen molar-refractivity contribution in [2.75, 3.05) is 5.32 Å². The van der Waals surface area contributed by atoms with Crippen molar-refractivity contribution in [3.05, 3.63) is 11.8 Å². The van der Waals surface area contributed by atoms with Gasteiger partial charge in [0.15, 0.2) is 5.60 Å². The van der Waals surface area contributed by atoms with E-state index in [9.17, 15) is 9.59 Å². The van der Waals surface area contributed by atoms with Crippen LogP contribution in [0.15, 0.2) is 10.5 Å². The molecular formula is C9H7NO5. The van der Waals surface area contributed by atoms with E-state index in [-0.39, 0.29) is 23.3 Å². The Morgan fingerprint density at radius 1 is 1.53 bits per heavy atom. The first kappa shape index (κ1) is 8.34. The van der Waals surface area contributed by atoms with Crippen molar-refractivity contribution in [3.63, 3.8) is 0 Å². The first-order valence-corrected chi connectivity index (χ1v) is 4.48. The molecule has 0 saturated heterocycles. The van der Waals surface area contributed by atoms with E-state index in [2.05, 4.69) is 5.32 Å². The highest BCUT2D eigenvalue weighted by Crippen LogP contribution is 2.47. The van der Waals surface area contributed by atoms with E-state index in [1.807, 2.05) is 0 Å². The van der Waals surface area contributed by atoms with Crippen LogP contribution in [0.5, 0.6) is 5.95 Å². The zero-order chi connectivity index (χ0) is 10.6. The quantitative estimate of drug-likeness (QED) is 0.715. The zero-order valence-electron chi connectivity index (χ0n) is 7.57. The first-order valence-electron chi connectivity index (χ1n) is 4.48. The lowest BCUT2D eigenvalue weighted by Gasteiger charge is -2.21. The number of carbonyl (C=O) groups is 2. The fraction of sp³-hybridized carbons (Fsp3) is 0.333. The molecule has 1 aliphatic carbocycles. The number of fused-ring (bicyclic) bond motifs is 1. The van der Waals surface area contributed by atoms with Crippen LogP contribution >= 0.6 is 0 Å². The lowest BCUT2D eigenvalue weighted by atomic mass is 10.2. The molecule has 2 aliphatic rings. The molecule has 1 aromatic rings. The largest absolute Gasteiger partial charge is 0.475 e. The number of anilines is 1. The van der Waals surface area contributed by atoms with Crippen LogP contribution in [-0.2, 0) is 4.79 Å². The van der Waals surface area contributed by atoms with Gasteiger partial charge in [0, 0.05) is 18.9 Å². The second kappa shape index (κ2) is 2.33. The van der Waals surface area contributed by atoms with Gasteiger partial charge in [-0.05, 0) is 0 Å². The van der Waals surface area contributed by atoms with Gasteiger partial charge in [-0.15, -0.1) is 0 Å². The minimum absolute atomic E-state index is 0.0875. The van der Waals surface area contributed by atoms with E-state index < -0.39 is 11.6 Å². The van der Waals surface area contributed by atoms with Gasteiger partial charge in [0.25, 0.3) is 5.91 Å². The number of ether oxygens (including phenoxy) is 1. The molecule has 1 saturated carbocycles. The second-order valence-corrected chi connectivity index (χ2v) is 3.67. The van der Waals surface area contributed by atoms with Crippen molar-refractivity contribution in [1.29, 1.82) is 0 Å². The smallest absolute Gasteiger partial charge is 0.372 e. The highest BCUT2D eigenvalue weighted by atomic mass is 16.6. The average molecular weight is 209 g/mol. The first-order chi connectivity index (χ1) is 7.11. The maximum atomic E-state index is 11.5. The lowest BCUT2D eigenvalue weighted by molar-refractivity contribution is -0.126. The normalized spacial score (nSPS) is 20.4. The summed E-state index contributed by atoms with van der Waals surface area (Å²) in [5.41, 5.74) is -0.518. The number of nitrogens with one attached hydrogen (secondary N) is 1. The van der Waals surface area contributed by atoms with Crippen molar-refractivity contribution in [3.8, 4) is 5.95 Å². The fourth-order valence-electron chi connectivity index (χ4n) is 1.55. The maximum absolute atomic E-state index is 11.5. The fourth-order valence-corrected chi connectivity index (χ4v) is 1.55. The molecule has 15 heavy (non-hydrogen) atoms. The maximum Gasteiger partial charge on any atom is 0.372 e. The van der Waals surface area contributed by atoms with Gasteiger partial charge in [0.2, 0.25) is 5.76 Å². The number of aromatic carboxylic acids is 1. The summed E-state index contributed by atoms with van der Waals surface area (Å²) in [4.78, 5) is 22.1.